The van der Waals surface area contributed by atoms with Crippen LogP contribution in [0.3, 0.4) is 0 Å². The van der Waals surface area contributed by atoms with E-state index in [9.17, 15) is 14.0 Å². The zero-order valence-corrected chi connectivity index (χ0v) is 18.1. The third-order valence-electron chi connectivity index (χ3n) is 3.70. The van der Waals surface area contributed by atoms with Crippen LogP contribution in [-0.4, -0.2) is 41.4 Å². The van der Waals surface area contributed by atoms with E-state index in [-0.39, 0.29) is 23.4 Å². The molecular weight excluding hydrogens is 438 g/mol. The van der Waals surface area contributed by atoms with Gasteiger partial charge < -0.3 is 4.74 Å². The van der Waals surface area contributed by atoms with Gasteiger partial charge in [0.05, 0.1) is 18.2 Å². The van der Waals surface area contributed by atoms with Gasteiger partial charge in [-0.2, -0.15) is 0 Å². The molecule has 0 aliphatic heterocycles. The fourth-order valence-corrected chi connectivity index (χ4v) is 3.55. The summed E-state index contributed by atoms with van der Waals surface area (Å²) in [6.45, 7) is 3.55. The average Bonchev–Trinajstić information content (AvgIpc) is 2.70. The van der Waals surface area contributed by atoms with Gasteiger partial charge in [0, 0.05) is 16.9 Å². The minimum Gasteiger partial charge on any atom is -0.465 e. The first kappa shape index (κ1) is 23.3. The molecule has 0 spiro atoms. The van der Waals surface area contributed by atoms with Crippen molar-refractivity contribution in [3.63, 3.8) is 0 Å². The third kappa shape index (κ3) is 6.80. The molecule has 154 valence electrons. The molecule has 1 heterocycles. The van der Waals surface area contributed by atoms with Crippen LogP contribution in [0.25, 0.3) is 0 Å². The Labute approximate surface area is 182 Å². The standard InChI is InChI=1S/C20H19Cl2FN2O3S/c1-3-28-20(27)15(17(26)14-9-16(23)19(22)25-18(14)21)10-24-12(2)11-29-13-7-5-4-6-8-13/h4-10,12,15H,3,11H2,1-2H3. The number of ketones is 1. The first-order valence-corrected chi connectivity index (χ1v) is 10.5. The van der Waals surface area contributed by atoms with Gasteiger partial charge in [-0.05, 0) is 32.0 Å². The molecule has 0 saturated carbocycles. The normalized spacial score (nSPS) is 13.3. The van der Waals surface area contributed by atoms with Crippen LogP contribution in [0.1, 0.15) is 24.2 Å². The number of pyridine rings is 1. The predicted molar refractivity (Wildman–Crippen MR) is 114 cm³/mol. The molecular formula is C20H19Cl2FN2O3S. The van der Waals surface area contributed by atoms with E-state index < -0.39 is 28.6 Å². The van der Waals surface area contributed by atoms with Gasteiger partial charge in [0.15, 0.2) is 22.7 Å². The molecule has 0 N–H and O–H groups in total. The Balaban J connectivity index is 2.17. The molecule has 0 bridgehead atoms. The first-order chi connectivity index (χ1) is 13.8. The van der Waals surface area contributed by atoms with Crippen molar-refractivity contribution in [1.82, 2.24) is 4.98 Å². The highest BCUT2D eigenvalue weighted by Crippen LogP contribution is 2.23. The monoisotopic (exact) mass is 456 g/mol. The number of Topliss-reactive ketones (excluding diaryl/α,β-unsaturated/α-hetero) is 1. The number of aliphatic imine (C=N–C) groups is 1. The molecule has 2 atom stereocenters. The van der Waals surface area contributed by atoms with Crippen molar-refractivity contribution in [2.75, 3.05) is 12.4 Å². The largest absolute Gasteiger partial charge is 0.465 e. The lowest BCUT2D eigenvalue weighted by Gasteiger charge is -2.13. The predicted octanol–water partition coefficient (Wildman–Crippen LogP) is 5.14. The number of ether oxygens (including phenoxy) is 1. The molecule has 1 aromatic carbocycles. The maximum atomic E-state index is 13.7. The Morgan fingerprint density at radius 3 is 2.62 bits per heavy atom. The second kappa shape index (κ2) is 11.3. The van der Waals surface area contributed by atoms with Gasteiger partial charge >= 0.3 is 5.97 Å². The number of thioether (sulfide) groups is 1. The topological polar surface area (TPSA) is 68.6 Å². The van der Waals surface area contributed by atoms with Crippen molar-refractivity contribution in [3.05, 3.63) is 58.1 Å². The van der Waals surface area contributed by atoms with Crippen molar-refractivity contribution >= 4 is 52.9 Å². The van der Waals surface area contributed by atoms with Crippen LogP contribution in [0.15, 0.2) is 46.3 Å². The van der Waals surface area contributed by atoms with Gasteiger partial charge in [-0.1, -0.05) is 41.4 Å². The minimum absolute atomic E-state index is 0.0802. The van der Waals surface area contributed by atoms with E-state index in [2.05, 4.69) is 9.98 Å². The number of aromatic nitrogens is 1. The van der Waals surface area contributed by atoms with Gasteiger partial charge in [-0.15, -0.1) is 11.8 Å². The molecule has 0 saturated heterocycles. The summed E-state index contributed by atoms with van der Waals surface area (Å²) in [5.41, 5.74) is -0.260. The van der Waals surface area contributed by atoms with Crippen LogP contribution in [0, 0.1) is 11.7 Å². The maximum absolute atomic E-state index is 13.7. The van der Waals surface area contributed by atoms with Crippen molar-refractivity contribution in [1.29, 1.82) is 0 Å². The van der Waals surface area contributed by atoms with E-state index in [1.54, 1.807) is 18.7 Å². The van der Waals surface area contributed by atoms with Crippen molar-refractivity contribution < 1.29 is 18.7 Å². The third-order valence-corrected chi connectivity index (χ3v) is 5.51. The van der Waals surface area contributed by atoms with Crippen molar-refractivity contribution in [3.8, 4) is 0 Å². The number of nitrogens with zero attached hydrogens (tertiary/aromatic N) is 2. The summed E-state index contributed by atoms with van der Waals surface area (Å²) in [7, 11) is 0. The van der Waals surface area contributed by atoms with Gasteiger partial charge in [0.25, 0.3) is 0 Å². The van der Waals surface area contributed by atoms with Crippen molar-refractivity contribution in [2.24, 2.45) is 10.9 Å². The van der Waals surface area contributed by atoms with Gasteiger partial charge in [-0.25, -0.2) is 9.37 Å². The average molecular weight is 457 g/mol. The minimum atomic E-state index is -1.36. The first-order valence-electron chi connectivity index (χ1n) is 8.77. The quantitative estimate of drug-likeness (QED) is 0.130. The maximum Gasteiger partial charge on any atom is 0.322 e. The van der Waals surface area contributed by atoms with Crippen LogP contribution in [0.5, 0.6) is 0 Å². The number of carbonyl (C=O) groups is 2. The molecule has 9 heteroatoms. The van der Waals surface area contributed by atoms with E-state index in [0.29, 0.717) is 5.75 Å². The van der Waals surface area contributed by atoms with Crippen molar-refractivity contribution in [2.45, 2.75) is 24.8 Å². The summed E-state index contributed by atoms with van der Waals surface area (Å²) in [6.07, 6.45) is 1.22. The fraction of sp³-hybridized carbons (Fsp3) is 0.300. The van der Waals surface area contributed by atoms with Gasteiger partial charge in [-0.3, -0.25) is 14.6 Å². The SMILES string of the molecule is CCOC(=O)C(C=NC(C)CSc1ccccc1)C(=O)c1cc(F)c(Cl)nc1Cl. The highest BCUT2D eigenvalue weighted by Gasteiger charge is 2.30. The lowest BCUT2D eigenvalue weighted by molar-refractivity contribution is -0.143. The molecule has 1 aromatic heterocycles. The highest BCUT2D eigenvalue weighted by molar-refractivity contribution is 7.99. The number of hydrogen-bond acceptors (Lipinski definition) is 6. The summed E-state index contributed by atoms with van der Waals surface area (Å²) < 4.78 is 18.7. The summed E-state index contributed by atoms with van der Waals surface area (Å²) in [5.74, 6) is -3.19. The zero-order valence-electron chi connectivity index (χ0n) is 15.8. The number of esters is 1. The molecule has 29 heavy (non-hydrogen) atoms. The molecule has 0 radical (unpaired) electrons. The fourth-order valence-electron chi connectivity index (χ4n) is 2.26. The number of rotatable bonds is 9. The summed E-state index contributed by atoms with van der Waals surface area (Å²) >= 11 is 13.1. The van der Waals surface area contributed by atoms with Crippen LogP contribution < -0.4 is 0 Å². The van der Waals surface area contributed by atoms with Crippen LogP contribution in [-0.2, 0) is 9.53 Å². The zero-order chi connectivity index (χ0) is 21.4. The van der Waals surface area contributed by atoms with Crippen LogP contribution in [0.4, 0.5) is 4.39 Å². The molecule has 2 aromatic rings. The lowest BCUT2D eigenvalue weighted by Crippen LogP contribution is -2.29. The molecule has 0 aliphatic carbocycles. The second-order valence-corrected chi connectivity index (χ2v) is 7.77. The molecule has 2 rings (SSSR count). The lowest BCUT2D eigenvalue weighted by atomic mass is 9.99. The number of carbonyl (C=O) groups excluding carboxylic acids is 2. The molecule has 0 aliphatic rings. The van der Waals surface area contributed by atoms with Gasteiger partial charge in [0.1, 0.15) is 5.15 Å². The smallest absolute Gasteiger partial charge is 0.322 e. The Hall–Kier alpha value is -1.96. The van der Waals surface area contributed by atoms with Crippen LogP contribution in [0.2, 0.25) is 10.3 Å². The molecule has 0 fully saturated rings. The van der Waals surface area contributed by atoms with E-state index in [1.165, 1.54) is 6.21 Å². The van der Waals surface area contributed by atoms with E-state index in [0.717, 1.165) is 11.0 Å². The summed E-state index contributed by atoms with van der Waals surface area (Å²) in [5, 5.41) is -0.753. The Kier molecular flexibility index (Phi) is 9.07. The van der Waals surface area contributed by atoms with E-state index >= 15 is 0 Å². The molecule has 0 amide bonds. The van der Waals surface area contributed by atoms with E-state index in [4.69, 9.17) is 27.9 Å². The number of halogens is 3. The number of benzene rings is 1. The Bertz CT molecular complexity index is 897. The Morgan fingerprint density at radius 2 is 1.97 bits per heavy atom. The summed E-state index contributed by atoms with van der Waals surface area (Å²) in [4.78, 5) is 34.1. The van der Waals surface area contributed by atoms with Crippen LogP contribution >= 0.6 is 35.0 Å². The summed E-state index contributed by atoms with van der Waals surface area (Å²) in [6, 6.07) is 10.5. The second-order valence-electron chi connectivity index (χ2n) is 5.96. The van der Waals surface area contributed by atoms with Gasteiger partial charge in [0.2, 0.25) is 0 Å². The highest BCUT2D eigenvalue weighted by atomic mass is 35.5. The van der Waals surface area contributed by atoms with E-state index in [1.807, 2.05) is 37.3 Å². The Morgan fingerprint density at radius 1 is 1.28 bits per heavy atom. The molecule has 2 unspecified atom stereocenters. The number of hydrogen-bond donors (Lipinski definition) is 0. The molecule has 5 nitrogen and oxygen atoms in total.